The van der Waals surface area contributed by atoms with Crippen LogP contribution in [0.1, 0.15) is 10.6 Å². The number of carbonyl (C=O) groups excluding carboxylic acids is 1. The van der Waals surface area contributed by atoms with Gasteiger partial charge in [-0.05, 0) is 36.4 Å². The molecule has 1 heterocycles. The van der Waals surface area contributed by atoms with Crippen LogP contribution in [-0.2, 0) is 0 Å². The van der Waals surface area contributed by atoms with Crippen molar-refractivity contribution in [2.75, 3.05) is 13.2 Å². The molecule has 0 spiro atoms. The van der Waals surface area contributed by atoms with Crippen molar-refractivity contribution in [2.24, 2.45) is 0 Å². The number of aliphatic hydroxyl groups excluding tert-OH is 1. The topological polar surface area (TPSA) is 109 Å². The summed E-state index contributed by atoms with van der Waals surface area (Å²) < 4.78 is 28.7. The van der Waals surface area contributed by atoms with Crippen molar-refractivity contribution in [3.63, 3.8) is 0 Å². The number of halogens is 1. The van der Waals surface area contributed by atoms with E-state index in [1.807, 2.05) is 0 Å². The first-order valence-electron chi connectivity index (χ1n) is 7.91. The van der Waals surface area contributed by atoms with E-state index in [-0.39, 0.29) is 59.5 Å². The van der Waals surface area contributed by atoms with Crippen LogP contribution >= 0.6 is 0 Å². The van der Waals surface area contributed by atoms with Crippen LogP contribution in [0.15, 0.2) is 57.7 Å². The van der Waals surface area contributed by atoms with Gasteiger partial charge in [0.2, 0.25) is 0 Å². The molecule has 3 aromatic rings. The molecule has 7 nitrogen and oxygen atoms in total. The van der Waals surface area contributed by atoms with E-state index in [4.69, 9.17) is 13.9 Å². The molecule has 2 aromatic carbocycles. The van der Waals surface area contributed by atoms with Gasteiger partial charge in [-0.3, -0.25) is 4.79 Å². The Morgan fingerprint density at radius 2 is 1.82 bits per heavy atom. The van der Waals surface area contributed by atoms with Crippen LogP contribution in [0, 0.1) is 5.82 Å². The molecule has 0 fully saturated rings. The number of carboxylic acids is 1. The molecule has 0 aliphatic rings. The van der Waals surface area contributed by atoms with Crippen molar-refractivity contribution in [1.29, 1.82) is 0 Å². The number of aromatic carboxylic acids is 1. The second-order valence-corrected chi connectivity index (χ2v) is 5.62. The van der Waals surface area contributed by atoms with Crippen LogP contribution in [0.5, 0.6) is 11.5 Å². The van der Waals surface area contributed by atoms with Gasteiger partial charge in [0.05, 0.1) is 0 Å². The zero-order valence-corrected chi connectivity index (χ0v) is 16.9. The third kappa shape index (κ3) is 5.32. The molecule has 0 saturated carbocycles. The summed E-state index contributed by atoms with van der Waals surface area (Å²) in [5, 5.41) is 20.9. The van der Waals surface area contributed by atoms with Crippen LogP contribution in [0.25, 0.3) is 11.0 Å². The molecule has 0 saturated heterocycles. The minimum absolute atomic E-state index is 0. The van der Waals surface area contributed by atoms with Crippen molar-refractivity contribution in [3.8, 4) is 11.5 Å². The van der Waals surface area contributed by atoms with Crippen molar-refractivity contribution in [2.45, 2.75) is 6.10 Å². The predicted octanol–water partition coefficient (Wildman–Crippen LogP) is -1.88. The number of fused-ring (bicyclic) bond motifs is 1. The molecule has 0 radical (unpaired) electrons. The quantitative estimate of drug-likeness (QED) is 0.466. The second kappa shape index (κ2) is 9.70. The van der Waals surface area contributed by atoms with E-state index in [1.165, 1.54) is 42.5 Å². The molecule has 9 heteroatoms. The largest absolute Gasteiger partial charge is 1.00 e. The maximum absolute atomic E-state index is 12.8. The Kier molecular flexibility index (Phi) is 7.59. The number of ether oxygens (including phenoxy) is 2. The molecule has 1 unspecified atom stereocenters. The Bertz CT molecular complexity index is 1020. The van der Waals surface area contributed by atoms with Crippen molar-refractivity contribution in [3.05, 3.63) is 70.3 Å². The molecule has 0 aliphatic heterocycles. The number of hydrogen-bond donors (Lipinski definition) is 1. The van der Waals surface area contributed by atoms with Gasteiger partial charge in [0.25, 0.3) is 0 Å². The van der Waals surface area contributed by atoms with Gasteiger partial charge in [-0.2, -0.15) is 0 Å². The van der Waals surface area contributed by atoms with E-state index in [9.17, 15) is 24.2 Å². The summed E-state index contributed by atoms with van der Waals surface area (Å²) in [7, 11) is 0. The fraction of sp³-hybridized carbons (Fsp3) is 0.158. The van der Waals surface area contributed by atoms with Crippen LogP contribution in [0.2, 0.25) is 0 Å². The first kappa shape index (κ1) is 21.9. The van der Waals surface area contributed by atoms with Gasteiger partial charge in [0, 0.05) is 6.07 Å². The number of rotatable bonds is 7. The normalized spacial score (nSPS) is 11.5. The average Bonchev–Trinajstić information content (AvgIpc) is 2.65. The Labute approximate surface area is 180 Å². The van der Waals surface area contributed by atoms with Crippen LogP contribution in [0.3, 0.4) is 0 Å². The van der Waals surface area contributed by atoms with E-state index >= 15 is 0 Å². The first-order valence-corrected chi connectivity index (χ1v) is 7.91. The average molecular weight is 396 g/mol. The van der Waals surface area contributed by atoms with Gasteiger partial charge in [-0.1, -0.05) is 6.07 Å². The van der Waals surface area contributed by atoms with E-state index in [0.717, 1.165) is 6.07 Å². The maximum Gasteiger partial charge on any atom is 1.00 e. The summed E-state index contributed by atoms with van der Waals surface area (Å²) in [6.45, 7) is -0.304. The third-order valence-corrected chi connectivity index (χ3v) is 3.60. The van der Waals surface area contributed by atoms with Crippen LogP contribution in [-0.4, -0.2) is 30.4 Å². The SMILES string of the molecule is O=C([O-])c1cc(=O)c2c(OCC(O)COc3ccc(F)cc3)cccc2o1.[Na+]. The van der Waals surface area contributed by atoms with E-state index in [1.54, 1.807) is 0 Å². The summed E-state index contributed by atoms with van der Waals surface area (Å²) in [6.07, 6.45) is -1.03. The number of aliphatic hydroxyl groups is 1. The number of carboxylic acid groups (broad SMARTS) is 1. The summed E-state index contributed by atoms with van der Waals surface area (Å²) in [5.74, 6) is -2.07. The first-order chi connectivity index (χ1) is 12.9. The molecule has 0 aliphatic carbocycles. The summed E-state index contributed by atoms with van der Waals surface area (Å²) in [4.78, 5) is 23.0. The standard InChI is InChI=1S/C19H15FO7.Na/c20-11-4-6-13(7-5-11)25-9-12(21)10-26-15-2-1-3-16-18(15)14(22)8-17(27-16)19(23)24;/h1-8,12,21H,9-10H2,(H,23,24);/q;+1/p-1. The van der Waals surface area contributed by atoms with Crippen LogP contribution < -0.4 is 49.6 Å². The van der Waals surface area contributed by atoms with Gasteiger partial charge < -0.3 is 28.9 Å². The summed E-state index contributed by atoms with van der Waals surface area (Å²) >= 11 is 0. The van der Waals surface area contributed by atoms with E-state index in [0.29, 0.717) is 5.75 Å². The Morgan fingerprint density at radius 1 is 1.14 bits per heavy atom. The van der Waals surface area contributed by atoms with E-state index in [2.05, 4.69) is 0 Å². The number of hydrogen-bond acceptors (Lipinski definition) is 7. The van der Waals surface area contributed by atoms with Gasteiger partial charge in [-0.25, -0.2) is 4.39 Å². The third-order valence-electron chi connectivity index (χ3n) is 3.60. The molecule has 1 aromatic heterocycles. The molecule has 0 amide bonds. The van der Waals surface area contributed by atoms with Gasteiger partial charge >= 0.3 is 29.6 Å². The minimum atomic E-state index is -1.60. The fourth-order valence-electron chi connectivity index (χ4n) is 2.36. The van der Waals surface area contributed by atoms with Gasteiger partial charge in [-0.15, -0.1) is 0 Å². The van der Waals surface area contributed by atoms with Gasteiger partial charge in [0.15, 0.2) is 11.2 Å². The van der Waals surface area contributed by atoms with E-state index < -0.39 is 29.1 Å². The van der Waals surface area contributed by atoms with Crippen molar-refractivity contribution in [1.82, 2.24) is 0 Å². The zero-order valence-electron chi connectivity index (χ0n) is 14.9. The monoisotopic (exact) mass is 396 g/mol. The molecular formula is C19H14FNaO7. The van der Waals surface area contributed by atoms with Crippen molar-refractivity contribution < 1.29 is 62.8 Å². The number of carbonyl (C=O) groups is 1. The minimum Gasteiger partial charge on any atom is -0.542 e. The predicted molar refractivity (Wildman–Crippen MR) is 90.2 cm³/mol. The Morgan fingerprint density at radius 3 is 2.50 bits per heavy atom. The molecule has 3 rings (SSSR count). The summed E-state index contributed by atoms with van der Waals surface area (Å²) in [5.41, 5.74) is -0.584. The molecule has 1 atom stereocenters. The fourth-order valence-corrected chi connectivity index (χ4v) is 2.36. The molecular weight excluding hydrogens is 382 g/mol. The Balaban J connectivity index is 0.00000280. The molecule has 140 valence electrons. The zero-order chi connectivity index (χ0) is 19.4. The van der Waals surface area contributed by atoms with Crippen LogP contribution in [0.4, 0.5) is 4.39 Å². The molecule has 1 N–H and O–H groups in total. The Hall–Kier alpha value is -2.39. The second-order valence-electron chi connectivity index (χ2n) is 5.62. The van der Waals surface area contributed by atoms with Crippen molar-refractivity contribution >= 4 is 16.9 Å². The molecule has 28 heavy (non-hydrogen) atoms. The summed E-state index contributed by atoms with van der Waals surface area (Å²) in [6, 6.07) is 10.5. The maximum atomic E-state index is 12.8. The molecule has 0 bridgehead atoms. The number of benzene rings is 2. The smallest absolute Gasteiger partial charge is 0.542 e. The van der Waals surface area contributed by atoms with Gasteiger partial charge in [0.1, 0.15) is 53.6 Å².